The fourth-order valence-corrected chi connectivity index (χ4v) is 5.52. The minimum atomic E-state index is -1.03. The van der Waals surface area contributed by atoms with Gasteiger partial charge in [0.15, 0.2) is 0 Å². The fourth-order valence-electron chi connectivity index (χ4n) is 4.65. The van der Waals surface area contributed by atoms with E-state index < -0.39 is 10.8 Å². The zero-order valence-electron chi connectivity index (χ0n) is 25.0. The molecule has 0 radical (unpaired) electrons. The lowest BCUT2D eigenvalue weighted by molar-refractivity contribution is 0.0663. The van der Waals surface area contributed by atoms with E-state index in [2.05, 4.69) is 49.6 Å². The van der Waals surface area contributed by atoms with Crippen molar-refractivity contribution in [3.05, 3.63) is 95.2 Å². The molecular formula is C33H45N3O2S. The Hall–Kier alpha value is -3.09. The topological polar surface area (TPSA) is 53.0 Å². The molecule has 1 atom stereocenters. The lowest BCUT2D eigenvalue weighted by Crippen LogP contribution is -2.44. The molecule has 0 N–H and O–H groups in total. The molecule has 1 aliphatic heterocycles. The predicted octanol–water partition coefficient (Wildman–Crippen LogP) is 6.90. The van der Waals surface area contributed by atoms with Crippen LogP contribution in [0.3, 0.4) is 0 Å². The highest BCUT2D eigenvalue weighted by Gasteiger charge is 2.25. The average Bonchev–Trinajstić information content (AvgIpc) is 2.91. The van der Waals surface area contributed by atoms with E-state index in [1.54, 1.807) is 6.26 Å². The quantitative estimate of drug-likeness (QED) is 0.280. The Morgan fingerprint density at radius 1 is 1.05 bits per heavy atom. The highest BCUT2D eigenvalue weighted by molar-refractivity contribution is 7.93. The molecule has 6 heteroatoms. The van der Waals surface area contributed by atoms with Crippen molar-refractivity contribution < 1.29 is 9.00 Å². The van der Waals surface area contributed by atoms with Crippen molar-refractivity contribution in [1.29, 1.82) is 0 Å². The second-order valence-corrected chi connectivity index (χ2v) is 11.7. The third kappa shape index (κ3) is 9.26. The van der Waals surface area contributed by atoms with Crippen LogP contribution >= 0.6 is 0 Å². The molecule has 0 saturated carbocycles. The van der Waals surface area contributed by atoms with Gasteiger partial charge in [-0.3, -0.25) is 14.0 Å². The summed E-state index contributed by atoms with van der Waals surface area (Å²) in [6.45, 7) is 15.4. The molecule has 39 heavy (non-hydrogen) atoms. The van der Waals surface area contributed by atoms with Crippen LogP contribution in [0, 0.1) is 13.8 Å². The lowest BCUT2D eigenvalue weighted by atomic mass is 10.0. The average molecular weight is 548 g/mol. The third-order valence-electron chi connectivity index (χ3n) is 6.93. The summed E-state index contributed by atoms with van der Waals surface area (Å²) in [5.74, 6) is 0.0986. The van der Waals surface area contributed by atoms with Crippen LogP contribution in [0.25, 0.3) is 10.5 Å². The van der Waals surface area contributed by atoms with Gasteiger partial charge in [-0.25, -0.2) is 0 Å². The molecule has 3 rings (SSSR count). The van der Waals surface area contributed by atoms with Gasteiger partial charge in [0.05, 0.1) is 10.8 Å². The Balaban J connectivity index is 0.000000306. The second kappa shape index (κ2) is 15.5. The number of nitrogens with zero attached hydrogens (tertiary/aromatic N) is 3. The molecule has 1 fully saturated rings. The van der Waals surface area contributed by atoms with E-state index in [1.807, 2.05) is 81.3 Å². The second-order valence-electron chi connectivity index (χ2n) is 10.3. The number of likely N-dealkylation sites (tertiary alicyclic amines) is 1. The highest BCUT2D eigenvalue weighted by atomic mass is 32.2. The summed E-state index contributed by atoms with van der Waals surface area (Å²) in [7, 11) is 3.16. The maximum atomic E-state index is 12.8. The summed E-state index contributed by atoms with van der Waals surface area (Å²) in [6.07, 6.45) is 9.31. The predicted molar refractivity (Wildman–Crippen MR) is 170 cm³/mol. The van der Waals surface area contributed by atoms with Gasteiger partial charge >= 0.3 is 0 Å². The molecule has 1 aliphatic rings. The lowest BCUT2D eigenvalue weighted by Gasteiger charge is -2.35. The van der Waals surface area contributed by atoms with Crippen LogP contribution in [0.2, 0.25) is 0 Å². The zero-order valence-corrected chi connectivity index (χ0v) is 25.8. The van der Waals surface area contributed by atoms with Crippen molar-refractivity contribution in [3.63, 3.8) is 0 Å². The van der Waals surface area contributed by atoms with E-state index in [0.717, 1.165) is 58.8 Å². The van der Waals surface area contributed by atoms with Crippen molar-refractivity contribution in [3.8, 4) is 0 Å². The van der Waals surface area contributed by atoms with Gasteiger partial charge in [-0.1, -0.05) is 49.1 Å². The van der Waals surface area contributed by atoms with Crippen molar-refractivity contribution in [2.24, 2.45) is 4.99 Å². The fraction of sp³-hybridized carbons (Fsp3) is 0.394. The van der Waals surface area contributed by atoms with E-state index in [0.29, 0.717) is 6.04 Å². The Kier molecular flexibility index (Phi) is 12.8. The van der Waals surface area contributed by atoms with E-state index in [-0.39, 0.29) is 5.91 Å². The third-order valence-corrected chi connectivity index (χ3v) is 8.01. The first kappa shape index (κ1) is 32.1. The van der Waals surface area contributed by atoms with Crippen LogP contribution in [0.4, 0.5) is 0 Å². The van der Waals surface area contributed by atoms with Gasteiger partial charge in [-0.15, -0.1) is 0 Å². The SMILES string of the molecule is C/C=C(\c1ccc(C(=O)N2CCC(N(C)C)CC2)cc1C)S(C)=O.C=C/C(=C\N=C(C)C)c1ccccc1C. The summed E-state index contributed by atoms with van der Waals surface area (Å²) in [5.41, 5.74) is 7.22. The van der Waals surface area contributed by atoms with Crippen molar-refractivity contribution >= 4 is 32.9 Å². The number of amides is 1. The van der Waals surface area contributed by atoms with Crippen LogP contribution < -0.4 is 0 Å². The molecule has 0 aliphatic carbocycles. The summed E-state index contributed by atoms with van der Waals surface area (Å²) in [4.78, 5) is 22.1. The van der Waals surface area contributed by atoms with E-state index in [4.69, 9.17) is 0 Å². The van der Waals surface area contributed by atoms with Crippen LogP contribution in [0.1, 0.15) is 66.2 Å². The standard InChI is InChI=1S/C19H28N2O2S.C14H17N/c1-6-18(24(5)23)17-8-7-15(13-14(17)2)19(22)21-11-9-16(10-12-21)20(3)4;1-5-13(10-15-11(2)3)14-9-7-6-8-12(14)4/h6-8,13,16H,9-12H2,1-5H3;5-10H,1H2,2-4H3/b18-6+;13-10+. The summed E-state index contributed by atoms with van der Waals surface area (Å²) < 4.78 is 11.8. The minimum Gasteiger partial charge on any atom is -0.339 e. The molecule has 1 heterocycles. The first-order valence-electron chi connectivity index (χ1n) is 13.5. The number of carbonyl (C=O) groups excluding carboxylic acids is 1. The van der Waals surface area contributed by atoms with Gasteiger partial charge < -0.3 is 9.80 Å². The molecule has 0 bridgehead atoms. The first-order chi connectivity index (χ1) is 18.5. The summed E-state index contributed by atoms with van der Waals surface area (Å²) in [5, 5.41) is 0. The molecular weight excluding hydrogens is 502 g/mol. The Morgan fingerprint density at radius 2 is 1.69 bits per heavy atom. The number of rotatable bonds is 7. The number of aryl methyl sites for hydroxylation is 2. The molecule has 1 unspecified atom stereocenters. The molecule has 0 aromatic heterocycles. The normalized spacial score (nSPS) is 15.4. The van der Waals surface area contributed by atoms with Crippen LogP contribution in [-0.4, -0.2) is 65.1 Å². The van der Waals surface area contributed by atoms with Gasteiger partial charge in [-0.2, -0.15) is 0 Å². The monoisotopic (exact) mass is 547 g/mol. The van der Waals surface area contributed by atoms with Crippen molar-refractivity contribution in [2.75, 3.05) is 33.4 Å². The van der Waals surface area contributed by atoms with E-state index >= 15 is 0 Å². The molecule has 210 valence electrons. The van der Waals surface area contributed by atoms with Gasteiger partial charge in [-0.05, 0) is 102 Å². The van der Waals surface area contributed by atoms with Crippen LogP contribution in [0.15, 0.2) is 72.4 Å². The van der Waals surface area contributed by atoms with Crippen LogP contribution in [-0.2, 0) is 10.8 Å². The van der Waals surface area contributed by atoms with Crippen molar-refractivity contribution in [2.45, 2.75) is 53.5 Å². The molecule has 2 aromatic rings. The Morgan fingerprint density at radius 3 is 2.18 bits per heavy atom. The zero-order chi connectivity index (χ0) is 29.1. The number of aliphatic imine (C=N–C) groups is 1. The molecule has 5 nitrogen and oxygen atoms in total. The van der Waals surface area contributed by atoms with Gasteiger partial charge in [0.25, 0.3) is 5.91 Å². The molecule has 0 spiro atoms. The number of allylic oxidation sites excluding steroid dienone is 3. The Labute approximate surface area is 238 Å². The van der Waals surface area contributed by atoms with Gasteiger partial charge in [0.1, 0.15) is 0 Å². The maximum absolute atomic E-state index is 12.8. The summed E-state index contributed by atoms with van der Waals surface area (Å²) in [6, 6.07) is 14.5. The number of hydrogen-bond donors (Lipinski definition) is 0. The number of benzene rings is 2. The largest absolute Gasteiger partial charge is 0.339 e. The Bertz CT molecular complexity index is 1260. The molecule has 1 saturated heterocycles. The first-order valence-corrected chi connectivity index (χ1v) is 15.0. The minimum absolute atomic E-state index is 0.0986. The number of piperidine rings is 1. The van der Waals surface area contributed by atoms with Gasteiger partial charge in [0, 0.05) is 47.8 Å². The number of carbonyl (C=O) groups is 1. The van der Waals surface area contributed by atoms with E-state index in [9.17, 15) is 9.00 Å². The van der Waals surface area contributed by atoms with Crippen LogP contribution in [0.5, 0.6) is 0 Å². The molecule has 2 aromatic carbocycles. The smallest absolute Gasteiger partial charge is 0.253 e. The summed E-state index contributed by atoms with van der Waals surface area (Å²) >= 11 is 0. The molecule has 1 amide bonds. The van der Waals surface area contributed by atoms with Gasteiger partial charge in [0.2, 0.25) is 0 Å². The van der Waals surface area contributed by atoms with E-state index in [1.165, 1.54) is 11.1 Å². The number of hydrogen-bond acceptors (Lipinski definition) is 4. The maximum Gasteiger partial charge on any atom is 0.253 e. The highest BCUT2D eigenvalue weighted by Crippen LogP contribution is 2.24. The van der Waals surface area contributed by atoms with Crippen molar-refractivity contribution in [1.82, 2.24) is 9.80 Å².